The van der Waals surface area contributed by atoms with E-state index >= 15 is 0 Å². The molecule has 1 amide bonds. The van der Waals surface area contributed by atoms with Gasteiger partial charge < -0.3 is 19.9 Å². The highest BCUT2D eigenvalue weighted by Crippen LogP contribution is 2.17. The molecular formula is C15H29N3O2. The molecular weight excluding hydrogens is 254 g/mol. The molecule has 2 rings (SSSR count). The van der Waals surface area contributed by atoms with Crippen molar-refractivity contribution in [2.24, 2.45) is 0 Å². The number of hydrogen-bond donors (Lipinski definition) is 1. The summed E-state index contributed by atoms with van der Waals surface area (Å²) in [5.74, 6) is 0.229. The molecule has 2 aliphatic rings. The van der Waals surface area contributed by atoms with E-state index in [4.69, 9.17) is 4.74 Å². The number of rotatable bonds is 5. The number of likely N-dealkylation sites (tertiary alicyclic amines) is 1. The van der Waals surface area contributed by atoms with Crippen molar-refractivity contribution < 1.29 is 9.53 Å². The molecule has 1 unspecified atom stereocenters. The van der Waals surface area contributed by atoms with Crippen LogP contribution in [0.25, 0.3) is 0 Å². The molecule has 20 heavy (non-hydrogen) atoms. The molecule has 2 heterocycles. The van der Waals surface area contributed by atoms with Gasteiger partial charge in [-0.2, -0.15) is 0 Å². The normalized spacial score (nSPS) is 25.6. The first-order valence-electron chi connectivity index (χ1n) is 8.01. The number of carbonyl (C=O) groups excluding carboxylic acids is 1. The van der Waals surface area contributed by atoms with Gasteiger partial charge in [-0.1, -0.05) is 6.92 Å². The van der Waals surface area contributed by atoms with Crippen molar-refractivity contribution in [2.45, 2.75) is 44.8 Å². The molecule has 0 aromatic heterocycles. The number of amides is 1. The first kappa shape index (κ1) is 15.7. The van der Waals surface area contributed by atoms with Crippen LogP contribution in [0.4, 0.5) is 0 Å². The predicted molar refractivity (Wildman–Crippen MR) is 79.7 cm³/mol. The Bertz CT molecular complexity index is 297. The van der Waals surface area contributed by atoms with Gasteiger partial charge in [-0.25, -0.2) is 0 Å². The molecule has 0 saturated carbocycles. The van der Waals surface area contributed by atoms with Gasteiger partial charge in [0, 0.05) is 39.3 Å². The molecule has 1 atom stereocenters. The SMILES string of the molecule is CCCN1CCC(N(C)C(=O)CC2CNCCO2)CC1. The van der Waals surface area contributed by atoms with E-state index < -0.39 is 0 Å². The van der Waals surface area contributed by atoms with Crippen LogP contribution in [0, 0.1) is 0 Å². The monoisotopic (exact) mass is 283 g/mol. The van der Waals surface area contributed by atoms with Gasteiger partial charge >= 0.3 is 0 Å². The minimum atomic E-state index is 0.0545. The van der Waals surface area contributed by atoms with E-state index in [1.165, 1.54) is 13.0 Å². The van der Waals surface area contributed by atoms with Crippen LogP contribution in [-0.2, 0) is 9.53 Å². The number of carbonyl (C=O) groups is 1. The second-order valence-corrected chi connectivity index (χ2v) is 5.98. The highest BCUT2D eigenvalue weighted by Gasteiger charge is 2.27. The third kappa shape index (κ3) is 4.43. The maximum absolute atomic E-state index is 12.3. The standard InChI is InChI=1S/C15H29N3O2/c1-3-7-18-8-4-13(5-9-18)17(2)15(19)11-14-12-16-6-10-20-14/h13-14,16H,3-12H2,1-2H3. The Kier molecular flexibility index (Phi) is 6.26. The van der Waals surface area contributed by atoms with Gasteiger partial charge in [0.2, 0.25) is 5.91 Å². The minimum absolute atomic E-state index is 0.0545. The highest BCUT2D eigenvalue weighted by atomic mass is 16.5. The molecule has 0 aromatic rings. The van der Waals surface area contributed by atoms with E-state index in [1.54, 1.807) is 0 Å². The lowest BCUT2D eigenvalue weighted by atomic mass is 10.0. The topological polar surface area (TPSA) is 44.8 Å². The summed E-state index contributed by atoms with van der Waals surface area (Å²) in [6, 6.07) is 0.409. The molecule has 1 N–H and O–H groups in total. The number of piperidine rings is 1. The number of ether oxygens (including phenoxy) is 1. The third-order valence-corrected chi connectivity index (χ3v) is 4.44. The number of hydrogen-bond acceptors (Lipinski definition) is 4. The van der Waals surface area contributed by atoms with Gasteiger partial charge in [0.15, 0.2) is 0 Å². The molecule has 2 aliphatic heterocycles. The first-order valence-corrected chi connectivity index (χ1v) is 8.01. The summed E-state index contributed by atoms with van der Waals surface area (Å²) in [6.45, 7) is 8.07. The molecule has 0 aliphatic carbocycles. The summed E-state index contributed by atoms with van der Waals surface area (Å²) in [5.41, 5.74) is 0. The predicted octanol–water partition coefficient (Wildman–Crippen LogP) is 0.698. The molecule has 0 radical (unpaired) electrons. The van der Waals surface area contributed by atoms with E-state index in [0.29, 0.717) is 12.5 Å². The van der Waals surface area contributed by atoms with Crippen LogP contribution in [-0.4, -0.2) is 74.2 Å². The highest BCUT2D eigenvalue weighted by molar-refractivity contribution is 5.76. The molecule has 5 nitrogen and oxygen atoms in total. The Labute approximate surface area is 122 Å². The summed E-state index contributed by atoms with van der Waals surface area (Å²) >= 11 is 0. The van der Waals surface area contributed by atoms with Crippen molar-refractivity contribution in [3.63, 3.8) is 0 Å². The summed E-state index contributed by atoms with van der Waals surface area (Å²) in [5, 5.41) is 3.28. The largest absolute Gasteiger partial charge is 0.375 e. The second kappa shape index (κ2) is 7.96. The zero-order valence-electron chi connectivity index (χ0n) is 12.9. The first-order chi connectivity index (χ1) is 9.70. The molecule has 5 heteroatoms. The van der Waals surface area contributed by atoms with Gasteiger partial charge in [0.05, 0.1) is 19.1 Å². The Hall–Kier alpha value is -0.650. The van der Waals surface area contributed by atoms with E-state index in [2.05, 4.69) is 17.1 Å². The van der Waals surface area contributed by atoms with E-state index in [-0.39, 0.29) is 12.0 Å². The smallest absolute Gasteiger partial charge is 0.225 e. The summed E-state index contributed by atoms with van der Waals surface area (Å²) in [4.78, 5) is 16.8. The van der Waals surface area contributed by atoms with Crippen molar-refractivity contribution in [3.8, 4) is 0 Å². The van der Waals surface area contributed by atoms with Gasteiger partial charge in [0.1, 0.15) is 0 Å². The fourth-order valence-electron chi connectivity index (χ4n) is 3.14. The van der Waals surface area contributed by atoms with Crippen molar-refractivity contribution in [2.75, 3.05) is 46.4 Å². The average Bonchev–Trinajstić information content (AvgIpc) is 2.48. The van der Waals surface area contributed by atoms with E-state index in [9.17, 15) is 4.79 Å². The van der Waals surface area contributed by atoms with Gasteiger partial charge in [0.25, 0.3) is 0 Å². The van der Waals surface area contributed by atoms with E-state index in [1.807, 2.05) is 11.9 Å². The van der Waals surface area contributed by atoms with Crippen molar-refractivity contribution in [1.82, 2.24) is 15.1 Å². The van der Waals surface area contributed by atoms with Crippen LogP contribution in [0.3, 0.4) is 0 Å². The molecule has 0 spiro atoms. The average molecular weight is 283 g/mol. The number of nitrogens with one attached hydrogen (secondary N) is 1. The van der Waals surface area contributed by atoms with Crippen LogP contribution < -0.4 is 5.32 Å². The molecule has 116 valence electrons. The maximum atomic E-state index is 12.3. The van der Waals surface area contributed by atoms with Crippen LogP contribution in [0.1, 0.15) is 32.6 Å². The Morgan fingerprint density at radius 1 is 1.40 bits per heavy atom. The Morgan fingerprint density at radius 2 is 2.15 bits per heavy atom. The summed E-state index contributed by atoms with van der Waals surface area (Å²) in [6.07, 6.45) is 3.99. The number of morpholine rings is 1. The minimum Gasteiger partial charge on any atom is -0.375 e. The quantitative estimate of drug-likeness (QED) is 0.807. The van der Waals surface area contributed by atoms with Gasteiger partial charge in [-0.05, 0) is 25.8 Å². The summed E-state index contributed by atoms with van der Waals surface area (Å²) in [7, 11) is 1.96. The van der Waals surface area contributed by atoms with Crippen molar-refractivity contribution >= 4 is 5.91 Å². The summed E-state index contributed by atoms with van der Waals surface area (Å²) < 4.78 is 5.62. The third-order valence-electron chi connectivity index (χ3n) is 4.44. The van der Waals surface area contributed by atoms with E-state index in [0.717, 1.165) is 45.6 Å². The van der Waals surface area contributed by atoms with Crippen LogP contribution >= 0.6 is 0 Å². The van der Waals surface area contributed by atoms with Crippen molar-refractivity contribution in [1.29, 1.82) is 0 Å². The van der Waals surface area contributed by atoms with Crippen LogP contribution in [0.15, 0.2) is 0 Å². The lowest BCUT2D eigenvalue weighted by molar-refractivity contribution is -0.136. The molecule has 2 saturated heterocycles. The molecule has 2 fully saturated rings. The van der Waals surface area contributed by atoms with Crippen LogP contribution in [0.2, 0.25) is 0 Å². The van der Waals surface area contributed by atoms with Gasteiger partial charge in [-0.15, -0.1) is 0 Å². The Balaban J connectivity index is 1.73. The zero-order valence-corrected chi connectivity index (χ0v) is 12.9. The number of nitrogens with zero attached hydrogens (tertiary/aromatic N) is 2. The fourth-order valence-corrected chi connectivity index (χ4v) is 3.14. The van der Waals surface area contributed by atoms with Crippen LogP contribution in [0.5, 0.6) is 0 Å². The maximum Gasteiger partial charge on any atom is 0.225 e. The second-order valence-electron chi connectivity index (χ2n) is 5.98. The molecule has 0 bridgehead atoms. The van der Waals surface area contributed by atoms with Gasteiger partial charge in [-0.3, -0.25) is 4.79 Å². The fraction of sp³-hybridized carbons (Fsp3) is 0.933. The zero-order chi connectivity index (χ0) is 14.4. The Morgan fingerprint density at radius 3 is 2.75 bits per heavy atom. The molecule has 0 aromatic carbocycles. The lowest BCUT2D eigenvalue weighted by Crippen LogP contribution is -2.47. The lowest BCUT2D eigenvalue weighted by Gasteiger charge is -2.37. The van der Waals surface area contributed by atoms with Crippen molar-refractivity contribution in [3.05, 3.63) is 0 Å².